The summed E-state index contributed by atoms with van der Waals surface area (Å²) >= 11 is 0. The lowest BCUT2D eigenvalue weighted by Crippen LogP contribution is -2.47. The molecule has 1 amide bonds. The fraction of sp³-hybridized carbons (Fsp3) is 0.316. The van der Waals surface area contributed by atoms with E-state index in [4.69, 9.17) is 9.47 Å². The Morgan fingerprint density at radius 1 is 1.17 bits per heavy atom. The smallest absolute Gasteiger partial charge is 0.237 e. The van der Waals surface area contributed by atoms with Gasteiger partial charge in [-0.25, -0.2) is 0 Å². The molecule has 1 atom stereocenters. The first-order valence-electron chi connectivity index (χ1n) is 8.00. The van der Waals surface area contributed by atoms with Gasteiger partial charge in [-0.3, -0.25) is 4.79 Å². The number of carbonyl (C=O) groups is 1. The molecule has 2 aromatic rings. The molecule has 0 bridgehead atoms. The summed E-state index contributed by atoms with van der Waals surface area (Å²) in [5.41, 5.74) is 3.38. The van der Waals surface area contributed by atoms with Gasteiger partial charge in [-0.1, -0.05) is 24.3 Å². The predicted molar refractivity (Wildman–Crippen MR) is 92.2 cm³/mol. The van der Waals surface area contributed by atoms with Crippen LogP contribution in [0.5, 0.6) is 11.5 Å². The zero-order chi connectivity index (χ0) is 16.9. The van der Waals surface area contributed by atoms with E-state index in [0.717, 1.165) is 23.6 Å². The minimum Gasteiger partial charge on any atom is -0.497 e. The fourth-order valence-electron chi connectivity index (χ4n) is 2.97. The largest absolute Gasteiger partial charge is 0.497 e. The minimum atomic E-state index is -0.212. The molecule has 5 nitrogen and oxygen atoms in total. The lowest BCUT2D eigenvalue weighted by Gasteiger charge is -2.25. The molecule has 0 fully saturated rings. The molecule has 0 aromatic heterocycles. The third-order valence-electron chi connectivity index (χ3n) is 4.34. The summed E-state index contributed by atoms with van der Waals surface area (Å²) in [6.45, 7) is 1.12. The Morgan fingerprint density at radius 2 is 1.96 bits per heavy atom. The number of hydrogen-bond acceptors (Lipinski definition) is 4. The van der Waals surface area contributed by atoms with E-state index in [0.29, 0.717) is 13.0 Å². The Balaban J connectivity index is 1.64. The van der Waals surface area contributed by atoms with Crippen molar-refractivity contribution in [2.24, 2.45) is 0 Å². The summed E-state index contributed by atoms with van der Waals surface area (Å²) in [6.07, 6.45) is 0.706. The summed E-state index contributed by atoms with van der Waals surface area (Å²) in [4.78, 5) is 12.5. The zero-order valence-electron chi connectivity index (χ0n) is 14.0. The van der Waals surface area contributed by atoms with Gasteiger partial charge in [0, 0.05) is 18.7 Å². The Labute approximate surface area is 142 Å². The molecular weight excluding hydrogens is 304 g/mol. The van der Waals surface area contributed by atoms with Gasteiger partial charge in [-0.2, -0.15) is 0 Å². The topological polar surface area (TPSA) is 59.6 Å². The van der Waals surface area contributed by atoms with Gasteiger partial charge in [0.1, 0.15) is 11.5 Å². The summed E-state index contributed by atoms with van der Waals surface area (Å²) in [7, 11) is 3.24. The average Bonchev–Trinajstić information content (AvgIpc) is 2.65. The van der Waals surface area contributed by atoms with Crippen LogP contribution >= 0.6 is 0 Å². The van der Waals surface area contributed by atoms with Gasteiger partial charge < -0.3 is 20.1 Å². The van der Waals surface area contributed by atoms with E-state index in [1.165, 1.54) is 11.1 Å². The second-order valence-electron chi connectivity index (χ2n) is 5.80. The van der Waals surface area contributed by atoms with Crippen molar-refractivity contribution in [3.8, 4) is 11.5 Å². The Bertz CT molecular complexity index is 730. The number of nitrogens with one attached hydrogen (secondary N) is 2. The third kappa shape index (κ3) is 3.51. The fourth-order valence-corrected chi connectivity index (χ4v) is 2.97. The van der Waals surface area contributed by atoms with Crippen LogP contribution in [0.25, 0.3) is 0 Å². The number of amides is 1. The normalized spacial score (nSPS) is 16.2. The van der Waals surface area contributed by atoms with Crippen molar-refractivity contribution in [1.29, 1.82) is 0 Å². The highest BCUT2D eigenvalue weighted by molar-refractivity contribution is 5.82. The molecule has 2 N–H and O–H groups in total. The minimum absolute atomic E-state index is 0.00521. The molecule has 0 radical (unpaired) electrons. The van der Waals surface area contributed by atoms with E-state index >= 15 is 0 Å². The molecular formula is C19H22N2O3. The molecule has 126 valence electrons. The molecule has 3 rings (SSSR count). The maximum Gasteiger partial charge on any atom is 0.237 e. The van der Waals surface area contributed by atoms with Crippen LogP contribution in [0.1, 0.15) is 16.7 Å². The Hall–Kier alpha value is -2.53. The van der Waals surface area contributed by atoms with Crippen molar-refractivity contribution in [2.75, 3.05) is 14.2 Å². The van der Waals surface area contributed by atoms with Crippen LogP contribution in [0.15, 0.2) is 42.5 Å². The van der Waals surface area contributed by atoms with Crippen LogP contribution in [0.4, 0.5) is 0 Å². The third-order valence-corrected chi connectivity index (χ3v) is 4.34. The van der Waals surface area contributed by atoms with Crippen molar-refractivity contribution in [3.05, 3.63) is 59.2 Å². The highest BCUT2D eigenvalue weighted by atomic mass is 16.5. The molecule has 24 heavy (non-hydrogen) atoms. The standard InChI is InChI=1S/C19H22N2O3/c1-23-16-7-8-18(24-2)15(9-16)12-21-19(22)17-10-13-5-3-4-6-14(13)11-20-17/h3-9,17,20H,10-12H2,1-2H3,(H,21,22). The lowest BCUT2D eigenvalue weighted by atomic mass is 9.95. The Morgan fingerprint density at radius 3 is 2.71 bits per heavy atom. The summed E-state index contributed by atoms with van der Waals surface area (Å²) in [5, 5.41) is 6.28. The summed E-state index contributed by atoms with van der Waals surface area (Å²) < 4.78 is 10.6. The van der Waals surface area contributed by atoms with Gasteiger partial charge in [0.25, 0.3) is 0 Å². The van der Waals surface area contributed by atoms with E-state index < -0.39 is 0 Å². The van der Waals surface area contributed by atoms with Crippen molar-refractivity contribution >= 4 is 5.91 Å². The van der Waals surface area contributed by atoms with E-state index in [1.807, 2.05) is 30.3 Å². The molecule has 0 saturated carbocycles. The quantitative estimate of drug-likeness (QED) is 0.883. The van der Waals surface area contributed by atoms with Crippen molar-refractivity contribution in [2.45, 2.75) is 25.6 Å². The molecule has 1 unspecified atom stereocenters. The van der Waals surface area contributed by atoms with Crippen molar-refractivity contribution in [3.63, 3.8) is 0 Å². The van der Waals surface area contributed by atoms with Crippen LogP contribution in [0.3, 0.4) is 0 Å². The van der Waals surface area contributed by atoms with Crippen molar-refractivity contribution < 1.29 is 14.3 Å². The second kappa shape index (κ2) is 7.36. The number of rotatable bonds is 5. The predicted octanol–water partition coefficient (Wildman–Crippen LogP) is 2.03. The number of benzene rings is 2. The van der Waals surface area contributed by atoms with E-state index in [9.17, 15) is 4.79 Å². The van der Waals surface area contributed by atoms with E-state index in [2.05, 4.69) is 22.8 Å². The Kier molecular flexibility index (Phi) is 5.01. The maximum atomic E-state index is 12.5. The lowest BCUT2D eigenvalue weighted by molar-refractivity contribution is -0.123. The molecule has 5 heteroatoms. The number of methoxy groups -OCH3 is 2. The van der Waals surface area contributed by atoms with Crippen LogP contribution < -0.4 is 20.1 Å². The molecule has 1 aliphatic heterocycles. The number of carbonyl (C=O) groups excluding carboxylic acids is 1. The average molecular weight is 326 g/mol. The summed E-state index contributed by atoms with van der Waals surface area (Å²) in [5.74, 6) is 1.47. The molecule has 0 saturated heterocycles. The van der Waals surface area contributed by atoms with Crippen molar-refractivity contribution in [1.82, 2.24) is 10.6 Å². The first kappa shape index (κ1) is 16.3. The van der Waals surface area contributed by atoms with Gasteiger partial charge in [0.2, 0.25) is 5.91 Å². The first-order valence-corrected chi connectivity index (χ1v) is 8.00. The van der Waals surface area contributed by atoms with Crippen LogP contribution in [-0.2, 0) is 24.3 Å². The monoisotopic (exact) mass is 326 g/mol. The highest BCUT2D eigenvalue weighted by Gasteiger charge is 2.23. The molecule has 0 spiro atoms. The second-order valence-corrected chi connectivity index (χ2v) is 5.80. The number of fused-ring (bicyclic) bond motifs is 1. The van der Waals surface area contributed by atoms with Gasteiger partial charge in [-0.05, 0) is 35.7 Å². The van der Waals surface area contributed by atoms with Gasteiger partial charge in [0.15, 0.2) is 0 Å². The number of ether oxygens (including phenoxy) is 2. The van der Waals surface area contributed by atoms with Crippen LogP contribution in [0.2, 0.25) is 0 Å². The SMILES string of the molecule is COc1ccc(OC)c(CNC(=O)C2Cc3ccccc3CN2)c1. The highest BCUT2D eigenvalue weighted by Crippen LogP contribution is 2.24. The van der Waals surface area contributed by atoms with E-state index in [1.54, 1.807) is 14.2 Å². The summed E-state index contributed by atoms with van der Waals surface area (Å²) in [6, 6.07) is 13.6. The van der Waals surface area contributed by atoms with Crippen LogP contribution in [-0.4, -0.2) is 26.2 Å². The van der Waals surface area contributed by atoms with Gasteiger partial charge in [0.05, 0.1) is 20.3 Å². The van der Waals surface area contributed by atoms with E-state index in [-0.39, 0.29) is 11.9 Å². The molecule has 0 aliphatic carbocycles. The van der Waals surface area contributed by atoms with Gasteiger partial charge in [-0.15, -0.1) is 0 Å². The molecule has 2 aromatic carbocycles. The molecule has 1 aliphatic rings. The number of hydrogen-bond donors (Lipinski definition) is 2. The first-order chi connectivity index (χ1) is 11.7. The van der Waals surface area contributed by atoms with Gasteiger partial charge >= 0.3 is 0 Å². The molecule has 1 heterocycles. The van der Waals surface area contributed by atoms with Crippen LogP contribution in [0, 0.1) is 0 Å². The maximum absolute atomic E-state index is 12.5. The zero-order valence-corrected chi connectivity index (χ0v) is 14.0.